The summed E-state index contributed by atoms with van der Waals surface area (Å²) in [6.45, 7) is 4.86. The Morgan fingerprint density at radius 3 is 2.38 bits per heavy atom. The molecule has 0 fully saturated rings. The molecule has 4 nitrogen and oxygen atoms in total. The van der Waals surface area contributed by atoms with E-state index in [2.05, 4.69) is 15.0 Å². The number of rotatable bonds is 6. The summed E-state index contributed by atoms with van der Waals surface area (Å²) in [6.07, 6.45) is -4.74. The highest BCUT2D eigenvalue weighted by atomic mass is 19.4. The van der Waals surface area contributed by atoms with E-state index in [-0.39, 0.29) is 5.69 Å². The molecule has 0 aliphatic carbocycles. The van der Waals surface area contributed by atoms with Crippen molar-refractivity contribution in [3.63, 3.8) is 0 Å². The molecule has 0 spiro atoms. The van der Waals surface area contributed by atoms with Gasteiger partial charge in [0.25, 0.3) is 0 Å². The topological polar surface area (TPSA) is 61.8 Å². The van der Waals surface area contributed by atoms with E-state index < -0.39 is 35.9 Å². The van der Waals surface area contributed by atoms with Gasteiger partial charge in [-0.2, -0.15) is 13.2 Å². The highest BCUT2D eigenvalue weighted by Crippen LogP contribution is 2.43. The van der Waals surface area contributed by atoms with Crippen molar-refractivity contribution in [2.24, 2.45) is 0 Å². The molecular formula is C26H25F4N3O. The van der Waals surface area contributed by atoms with Crippen LogP contribution in [0.5, 0.6) is 0 Å². The molecule has 1 unspecified atom stereocenters. The Morgan fingerprint density at radius 2 is 1.71 bits per heavy atom. The Balaban J connectivity index is 1.67. The zero-order valence-corrected chi connectivity index (χ0v) is 19.0. The maximum absolute atomic E-state index is 14.2. The number of nitrogens with one attached hydrogen (secondary N) is 1. The lowest BCUT2D eigenvalue weighted by molar-refractivity contribution is -0.266. The fourth-order valence-electron chi connectivity index (χ4n) is 4.52. The maximum Gasteiger partial charge on any atom is 0.417 e. The van der Waals surface area contributed by atoms with Gasteiger partial charge in [-0.3, -0.25) is 0 Å². The third-order valence-electron chi connectivity index (χ3n) is 6.13. The van der Waals surface area contributed by atoms with Gasteiger partial charge in [-0.15, -0.1) is 0 Å². The number of halogens is 4. The molecule has 0 bridgehead atoms. The van der Waals surface area contributed by atoms with Crippen LogP contribution in [0.2, 0.25) is 0 Å². The van der Waals surface area contributed by atoms with Gasteiger partial charge in [-0.25, -0.2) is 14.4 Å². The van der Waals surface area contributed by atoms with E-state index in [4.69, 9.17) is 0 Å². The molecule has 0 amide bonds. The molecule has 178 valence electrons. The lowest BCUT2D eigenvalue weighted by Crippen LogP contribution is -2.51. The lowest BCUT2D eigenvalue weighted by atomic mass is 9.72. The molecule has 0 aliphatic rings. The molecule has 2 aromatic carbocycles. The number of nitrogens with zero attached hydrogens (tertiary/aromatic N) is 2. The molecule has 8 heteroatoms. The number of H-pyrrole nitrogens is 1. The van der Waals surface area contributed by atoms with Crippen molar-refractivity contribution < 1.29 is 22.7 Å². The second-order valence-corrected chi connectivity index (χ2v) is 9.38. The highest BCUT2D eigenvalue weighted by Gasteiger charge is 2.56. The predicted octanol–water partition coefficient (Wildman–Crippen LogP) is 6.28. The minimum Gasteiger partial charge on any atom is -0.380 e. The van der Waals surface area contributed by atoms with Gasteiger partial charge in [0.15, 0.2) is 11.2 Å². The van der Waals surface area contributed by atoms with E-state index >= 15 is 0 Å². The molecule has 4 aromatic rings. The van der Waals surface area contributed by atoms with Gasteiger partial charge >= 0.3 is 6.18 Å². The van der Waals surface area contributed by atoms with Crippen molar-refractivity contribution in [3.05, 3.63) is 83.4 Å². The summed E-state index contributed by atoms with van der Waals surface area (Å²) in [5, 5.41) is 10.9. The monoisotopic (exact) mass is 471 g/mol. The smallest absolute Gasteiger partial charge is 0.380 e. The first-order valence-corrected chi connectivity index (χ1v) is 10.8. The molecule has 0 aliphatic heterocycles. The molecular weight excluding hydrogens is 446 g/mol. The largest absolute Gasteiger partial charge is 0.417 e. The first-order chi connectivity index (χ1) is 15.9. The quantitative estimate of drug-likeness (QED) is 0.326. The number of aryl methyl sites for hydroxylation is 1. The number of hydrogen-bond donors (Lipinski definition) is 2. The van der Waals surface area contributed by atoms with Gasteiger partial charge in [0.2, 0.25) is 0 Å². The van der Waals surface area contributed by atoms with Gasteiger partial charge in [-0.05, 0) is 48.1 Å². The van der Waals surface area contributed by atoms with Crippen molar-refractivity contribution in [1.82, 2.24) is 15.0 Å². The van der Waals surface area contributed by atoms with Gasteiger partial charge in [0.05, 0.1) is 11.9 Å². The van der Waals surface area contributed by atoms with Crippen LogP contribution < -0.4 is 0 Å². The van der Waals surface area contributed by atoms with Crippen LogP contribution in [-0.2, 0) is 11.8 Å². The van der Waals surface area contributed by atoms with E-state index in [0.29, 0.717) is 28.0 Å². The minimum atomic E-state index is -4.92. The Bertz CT molecular complexity index is 1310. The SMILES string of the molecule is Cc1ccc(F)cc1C(C)(C)CC(O)(Cc1cc2nc(-c3ccccc3)cnc2[nH]1)C(F)(F)F. The summed E-state index contributed by atoms with van der Waals surface area (Å²) in [5.74, 6) is -0.536. The molecule has 2 heterocycles. The number of aromatic nitrogens is 3. The van der Waals surface area contributed by atoms with Gasteiger partial charge < -0.3 is 10.1 Å². The number of aromatic amines is 1. The summed E-state index contributed by atoms with van der Waals surface area (Å²) < 4.78 is 56.4. The number of aliphatic hydroxyl groups is 1. The highest BCUT2D eigenvalue weighted by molar-refractivity contribution is 5.75. The standard InChI is InChI=1S/C26H25F4N3O/c1-16-9-10-18(27)11-20(16)24(2,3)15-25(34,26(28,29)30)13-19-12-21-23(32-19)31-14-22(33-21)17-7-5-4-6-8-17/h4-12,14,34H,13,15H2,1-3H3,(H,31,32). The predicted molar refractivity (Wildman–Crippen MR) is 123 cm³/mol. The third-order valence-corrected chi connectivity index (χ3v) is 6.13. The van der Waals surface area contributed by atoms with Crippen molar-refractivity contribution in [3.8, 4) is 11.3 Å². The van der Waals surface area contributed by atoms with Gasteiger partial charge in [-0.1, -0.05) is 50.2 Å². The molecule has 0 radical (unpaired) electrons. The van der Waals surface area contributed by atoms with Crippen LogP contribution in [0.3, 0.4) is 0 Å². The molecule has 1 atom stereocenters. The summed E-state index contributed by atoms with van der Waals surface area (Å²) in [4.78, 5) is 11.6. The van der Waals surface area contributed by atoms with E-state index in [0.717, 1.165) is 5.56 Å². The first kappa shape index (κ1) is 23.9. The van der Waals surface area contributed by atoms with Crippen molar-refractivity contribution in [1.29, 1.82) is 0 Å². The fraction of sp³-hybridized carbons (Fsp3) is 0.308. The van der Waals surface area contributed by atoms with Crippen LogP contribution in [0.4, 0.5) is 17.6 Å². The summed E-state index contributed by atoms with van der Waals surface area (Å²) in [5.41, 5.74) is -0.817. The zero-order valence-electron chi connectivity index (χ0n) is 19.0. The van der Waals surface area contributed by atoms with E-state index in [9.17, 15) is 22.7 Å². The van der Waals surface area contributed by atoms with Crippen LogP contribution in [0.1, 0.15) is 37.1 Å². The Morgan fingerprint density at radius 1 is 1.00 bits per heavy atom. The molecule has 2 aromatic heterocycles. The third kappa shape index (κ3) is 4.68. The Kier molecular flexibility index (Phi) is 5.97. The Hall–Kier alpha value is -3.26. The van der Waals surface area contributed by atoms with Crippen LogP contribution in [-0.4, -0.2) is 31.8 Å². The lowest BCUT2D eigenvalue weighted by Gasteiger charge is -2.38. The van der Waals surface area contributed by atoms with E-state index in [1.807, 2.05) is 30.3 Å². The Labute approximate surface area is 194 Å². The van der Waals surface area contributed by atoms with Crippen LogP contribution >= 0.6 is 0 Å². The van der Waals surface area contributed by atoms with Crippen LogP contribution in [0.15, 0.2) is 60.8 Å². The second-order valence-electron chi connectivity index (χ2n) is 9.38. The van der Waals surface area contributed by atoms with Crippen molar-refractivity contribution in [2.75, 3.05) is 0 Å². The average molecular weight is 471 g/mol. The normalized spacial score (nSPS) is 14.4. The molecule has 2 N–H and O–H groups in total. The zero-order chi connectivity index (χ0) is 24.7. The molecule has 0 saturated carbocycles. The summed E-state index contributed by atoms with van der Waals surface area (Å²) >= 11 is 0. The van der Waals surface area contributed by atoms with Crippen LogP contribution in [0.25, 0.3) is 22.4 Å². The van der Waals surface area contributed by atoms with Gasteiger partial charge in [0.1, 0.15) is 11.3 Å². The number of fused-ring (bicyclic) bond motifs is 1. The fourth-order valence-corrected chi connectivity index (χ4v) is 4.52. The number of benzene rings is 2. The van der Waals surface area contributed by atoms with E-state index in [1.165, 1.54) is 24.3 Å². The molecule has 0 saturated heterocycles. The van der Waals surface area contributed by atoms with Crippen LogP contribution in [0, 0.1) is 12.7 Å². The number of alkyl halides is 3. The maximum atomic E-state index is 14.2. The first-order valence-electron chi connectivity index (χ1n) is 10.8. The molecule has 34 heavy (non-hydrogen) atoms. The molecule has 4 rings (SSSR count). The van der Waals surface area contributed by atoms with Crippen molar-refractivity contribution >= 4 is 11.2 Å². The second kappa shape index (κ2) is 8.51. The van der Waals surface area contributed by atoms with E-state index in [1.54, 1.807) is 27.0 Å². The summed E-state index contributed by atoms with van der Waals surface area (Å²) in [6, 6.07) is 14.8. The minimum absolute atomic E-state index is 0.159. The average Bonchev–Trinajstić information content (AvgIpc) is 3.15. The van der Waals surface area contributed by atoms with Gasteiger partial charge in [0, 0.05) is 17.7 Å². The van der Waals surface area contributed by atoms with Crippen molar-refractivity contribution in [2.45, 2.75) is 50.8 Å². The summed E-state index contributed by atoms with van der Waals surface area (Å²) in [7, 11) is 0. The number of hydrogen-bond acceptors (Lipinski definition) is 3.